The van der Waals surface area contributed by atoms with Crippen LogP contribution in [0.5, 0.6) is 0 Å². The third-order valence-corrected chi connectivity index (χ3v) is 12.7. The average molecular weight is 1270 g/mol. The summed E-state index contributed by atoms with van der Waals surface area (Å²) in [5.41, 5.74) is 32.8. The van der Waals surface area contributed by atoms with Crippen LogP contribution in [0, 0.1) is 0 Å². The number of aliphatic imine (C=N–C) groups is 2. The van der Waals surface area contributed by atoms with Crippen molar-refractivity contribution in [2.24, 2.45) is 44.4 Å². The molecule has 486 valence electrons. The maximum atomic E-state index is 13.6. The number of thiol groups is 2. The molecule has 0 aromatic heterocycles. The lowest BCUT2D eigenvalue weighted by molar-refractivity contribution is -0.142. The van der Waals surface area contributed by atoms with Crippen LogP contribution in [0.15, 0.2) is 40.3 Å². The quantitative estimate of drug-likeness (QED) is 0.0125. The predicted octanol–water partition coefficient (Wildman–Crippen LogP) is -10.6. The lowest BCUT2D eigenvalue weighted by Crippen LogP contribution is -2.60. The zero-order valence-corrected chi connectivity index (χ0v) is 49.2. The van der Waals surface area contributed by atoms with Crippen molar-refractivity contribution in [1.82, 2.24) is 58.5 Å². The predicted molar refractivity (Wildman–Crippen MR) is 317 cm³/mol. The highest BCUT2D eigenvalue weighted by molar-refractivity contribution is 7.80. The summed E-state index contributed by atoms with van der Waals surface area (Å²) >= 11 is 8.08. The highest BCUT2D eigenvalue weighted by atomic mass is 32.1. The van der Waals surface area contributed by atoms with Crippen LogP contribution >= 0.6 is 25.3 Å². The van der Waals surface area contributed by atoms with Gasteiger partial charge in [0.25, 0.3) is 0 Å². The summed E-state index contributed by atoms with van der Waals surface area (Å²) in [5.74, 6) is -15.4. The number of nitrogens with zero attached hydrogens (tertiary/aromatic N) is 2. The average Bonchev–Trinajstić information content (AvgIpc) is 3.31. The van der Waals surface area contributed by atoms with Crippen LogP contribution in [0.2, 0.25) is 0 Å². The van der Waals surface area contributed by atoms with Crippen molar-refractivity contribution in [3.63, 3.8) is 0 Å². The van der Waals surface area contributed by atoms with Crippen molar-refractivity contribution in [3.05, 3.63) is 35.9 Å². The largest absolute Gasteiger partial charge is 0.481 e. The molecule has 0 spiro atoms. The Balaban J connectivity index is 3.15. The molecule has 0 unspecified atom stereocenters. The number of unbranched alkanes of at least 4 members (excludes halogenated alkanes) is 1. The van der Waals surface area contributed by atoms with Gasteiger partial charge in [0, 0.05) is 31.0 Å². The van der Waals surface area contributed by atoms with E-state index in [1.54, 1.807) is 30.3 Å². The Kier molecular flexibility index (Phi) is 37.1. The molecule has 9 atom stereocenters. The number of benzene rings is 1. The van der Waals surface area contributed by atoms with Gasteiger partial charge in [0.1, 0.15) is 54.4 Å². The van der Waals surface area contributed by atoms with E-state index < -0.39 is 176 Å². The van der Waals surface area contributed by atoms with E-state index >= 15 is 0 Å². The summed E-state index contributed by atoms with van der Waals surface area (Å²) in [6.07, 6.45) is -0.468. The second-order valence-electron chi connectivity index (χ2n) is 18.9. The third kappa shape index (κ3) is 31.4. The molecule has 1 aromatic carbocycles. The van der Waals surface area contributed by atoms with E-state index in [0.717, 1.165) is 0 Å². The van der Waals surface area contributed by atoms with Crippen LogP contribution in [0.3, 0.4) is 0 Å². The highest BCUT2D eigenvalue weighted by Crippen LogP contribution is 2.08. The number of carbonyl (C=O) groups excluding carboxylic acids is 11. The fourth-order valence-electron chi connectivity index (χ4n) is 7.47. The van der Waals surface area contributed by atoms with Crippen molar-refractivity contribution in [1.29, 1.82) is 0 Å². The van der Waals surface area contributed by atoms with Gasteiger partial charge >= 0.3 is 11.9 Å². The van der Waals surface area contributed by atoms with Crippen molar-refractivity contribution < 1.29 is 82.8 Å². The number of hydrogen-bond acceptors (Lipinski definition) is 21. The zero-order valence-electron chi connectivity index (χ0n) is 47.4. The molecule has 0 fully saturated rings. The number of carboxylic acid groups (broad SMARTS) is 2. The smallest absolute Gasteiger partial charge is 0.326 e. The van der Waals surface area contributed by atoms with Crippen molar-refractivity contribution in [3.8, 4) is 0 Å². The maximum absolute atomic E-state index is 13.6. The molecule has 0 saturated heterocycles. The number of amides is 11. The first kappa shape index (κ1) is 76.4. The van der Waals surface area contributed by atoms with Gasteiger partial charge in [-0.25, -0.2) is 4.79 Å². The van der Waals surface area contributed by atoms with Gasteiger partial charge in [0.2, 0.25) is 65.0 Å². The molecule has 1 aromatic rings. The molecule has 0 aliphatic heterocycles. The number of carbonyl (C=O) groups is 13. The number of aliphatic hydroxyl groups excluding tert-OH is 2. The van der Waals surface area contributed by atoms with Crippen molar-refractivity contribution in [2.45, 2.75) is 112 Å². The van der Waals surface area contributed by atoms with Gasteiger partial charge in [0.15, 0.2) is 11.9 Å². The minimum absolute atomic E-state index is 0.0202. The molecule has 0 bridgehead atoms. The van der Waals surface area contributed by atoms with Gasteiger partial charge in [-0.15, -0.1) is 0 Å². The Hall–Kier alpha value is -8.59. The molecule has 36 nitrogen and oxygen atoms in total. The maximum Gasteiger partial charge on any atom is 0.326 e. The second kappa shape index (κ2) is 42.3. The van der Waals surface area contributed by atoms with Gasteiger partial charge in [-0.1, -0.05) is 30.3 Å². The van der Waals surface area contributed by atoms with E-state index in [0.29, 0.717) is 18.4 Å². The molecule has 0 radical (unpaired) electrons. The topological polar surface area (TPSA) is 616 Å². The summed E-state index contributed by atoms with van der Waals surface area (Å²) in [7, 11) is 0. The van der Waals surface area contributed by atoms with Gasteiger partial charge in [-0.05, 0) is 57.1 Å². The Morgan fingerprint density at radius 2 is 0.828 bits per heavy atom. The van der Waals surface area contributed by atoms with E-state index in [1.807, 2.05) is 0 Å². The molecule has 0 aliphatic rings. The number of guanidine groups is 2. The second-order valence-corrected chi connectivity index (χ2v) is 19.6. The van der Waals surface area contributed by atoms with Gasteiger partial charge in [-0.3, -0.25) is 67.5 Å². The molecule has 0 saturated carbocycles. The number of hydrogen-bond donors (Lipinski definition) is 23. The normalized spacial score (nSPS) is 13.8. The Morgan fingerprint density at radius 3 is 1.28 bits per heavy atom. The third-order valence-electron chi connectivity index (χ3n) is 12.0. The molecule has 87 heavy (non-hydrogen) atoms. The first-order valence-electron chi connectivity index (χ1n) is 26.9. The molecule has 0 aliphatic carbocycles. The fourth-order valence-corrected chi connectivity index (χ4v) is 7.99. The first-order valence-corrected chi connectivity index (χ1v) is 28.2. The van der Waals surface area contributed by atoms with Gasteiger partial charge < -0.3 is 113 Å². The molecule has 27 N–H and O–H groups in total. The van der Waals surface area contributed by atoms with Crippen LogP contribution in [-0.4, -0.2) is 228 Å². The van der Waals surface area contributed by atoms with E-state index in [9.17, 15) is 82.8 Å². The molecular weight excluding hydrogens is 1190 g/mol. The highest BCUT2D eigenvalue weighted by Gasteiger charge is 2.34. The Labute approximate surface area is 510 Å². The number of nitrogens with two attached hydrogens (primary N) is 6. The number of aliphatic hydroxyl groups is 2. The van der Waals surface area contributed by atoms with E-state index in [1.165, 1.54) is 0 Å². The summed E-state index contributed by atoms with van der Waals surface area (Å²) in [5, 5.41) is 64.7. The monoisotopic (exact) mass is 1270 g/mol. The Bertz CT molecular complexity index is 2550. The lowest BCUT2D eigenvalue weighted by Gasteiger charge is -2.25. The summed E-state index contributed by atoms with van der Waals surface area (Å²) in [4.78, 5) is 177. The standard InChI is InChI=1S/C49H81N19O17S2/c50-13-5-4-10-27(41(78)64-28(47(84)85)12-7-15-57-49(54)55)60-36(72)19-58-39(76)26(11-6-14-56-48(52)53)63-43(80)31(21-69)67-44(81)32(22-70)68-46(83)34(24-87)62-37(73)20-59-40(77)29(16-25-8-2-1-3-9-25)65-42(79)30(17-38(74)75)66-45(82)33(23-86)61-35(71)18-51/h1-3,8-9,26-34,69-70,86-87H,4-7,10-24,50-51H2,(H,58,76)(H,59,77)(H,60,72)(H,61,71)(H,62,73)(H,63,80)(H,64,78)(H,65,79)(H,66,82)(H,67,81)(H,68,83)(H,74,75)(H,84,85)(H4,52,53,56)(H4,54,55,57)/t26-,27-,28-,29-,30-,31-,32-,33-,34-/m0/s1. The van der Waals surface area contributed by atoms with Crippen LogP contribution in [-0.2, 0) is 68.7 Å². The van der Waals surface area contributed by atoms with Crippen LogP contribution in [0.25, 0.3) is 0 Å². The minimum atomic E-state index is -1.87. The van der Waals surface area contributed by atoms with Crippen LogP contribution in [0.4, 0.5) is 0 Å². The molecule has 0 heterocycles. The summed E-state index contributed by atoms with van der Waals surface area (Å²) < 4.78 is 0. The summed E-state index contributed by atoms with van der Waals surface area (Å²) in [6.45, 7) is -4.11. The van der Waals surface area contributed by atoms with E-state index in [-0.39, 0.29) is 75.8 Å². The van der Waals surface area contributed by atoms with E-state index in [2.05, 4.69) is 93.7 Å². The minimum Gasteiger partial charge on any atom is -0.481 e. The molecule has 38 heteroatoms. The van der Waals surface area contributed by atoms with E-state index in [4.69, 9.17) is 34.4 Å². The van der Waals surface area contributed by atoms with Crippen molar-refractivity contribution >= 4 is 114 Å². The molecule has 1 rings (SSSR count). The number of rotatable bonds is 43. The Morgan fingerprint density at radius 1 is 0.448 bits per heavy atom. The zero-order chi connectivity index (χ0) is 65.6. The van der Waals surface area contributed by atoms with Gasteiger partial charge in [0.05, 0.1) is 39.3 Å². The van der Waals surface area contributed by atoms with Crippen LogP contribution in [0.1, 0.15) is 56.9 Å². The SMILES string of the molecule is NCCCC[C@H](NC(=O)CNC(=O)[C@H](CCCN=C(N)N)NC(=O)[C@H](CO)NC(=O)[C@H](CO)NC(=O)[C@H](CS)NC(=O)CNC(=O)[C@H](Cc1ccccc1)NC(=O)[C@H](CC(=O)O)NC(=O)[C@H](CS)NC(=O)CN)C(=O)N[C@@H](CCCN=C(N)N)C(=O)O. The summed E-state index contributed by atoms with van der Waals surface area (Å²) in [6, 6.07) is -6.05. The molecule has 11 amide bonds. The molecular formula is C49H81N19O17S2. The lowest BCUT2D eigenvalue weighted by atomic mass is 10.0. The number of aliphatic carboxylic acids is 2. The number of carboxylic acids is 2. The fraction of sp³-hybridized carbons (Fsp3) is 0.571. The van der Waals surface area contributed by atoms with Crippen molar-refractivity contribution in [2.75, 3.05) is 64.0 Å². The first-order chi connectivity index (χ1) is 41.2. The van der Waals surface area contributed by atoms with Crippen LogP contribution < -0.4 is 92.9 Å². The van der Waals surface area contributed by atoms with Gasteiger partial charge in [-0.2, -0.15) is 25.3 Å². The number of nitrogens with one attached hydrogen (secondary N) is 11.